The molecule has 0 spiro atoms. The molecule has 0 aromatic heterocycles. The Labute approximate surface area is 134 Å². The predicted molar refractivity (Wildman–Crippen MR) is 84.4 cm³/mol. The van der Waals surface area contributed by atoms with E-state index in [0.29, 0.717) is 0 Å². The van der Waals surface area contributed by atoms with Gasteiger partial charge in [-0.1, -0.05) is 50.4 Å². The van der Waals surface area contributed by atoms with E-state index in [4.69, 9.17) is 5.11 Å². The Morgan fingerprint density at radius 1 is 1.29 bits per heavy atom. The lowest BCUT2D eigenvalue weighted by molar-refractivity contribution is -0.917. The molecule has 0 amide bonds. The number of halogens is 1. The highest BCUT2D eigenvalue weighted by Gasteiger charge is 2.18. The molecule has 118 valence electrons. The number of hydrogen-bond donors (Lipinski definition) is 1. The van der Waals surface area contributed by atoms with Crippen LogP contribution in [0.5, 0.6) is 0 Å². The first kappa shape index (κ1) is 21.7. The maximum Gasteiger partial charge on any atom is 0.327 e. The van der Waals surface area contributed by atoms with Gasteiger partial charge in [0.1, 0.15) is 6.54 Å². The Morgan fingerprint density at radius 2 is 1.81 bits per heavy atom. The lowest BCUT2D eigenvalue weighted by atomic mass is 10.2. The summed E-state index contributed by atoms with van der Waals surface area (Å²) in [5, 5.41) is 7.60. The fourth-order valence-corrected chi connectivity index (χ4v) is 2.11. The van der Waals surface area contributed by atoms with E-state index >= 15 is 0 Å². The molecule has 0 radical (unpaired) electrons. The van der Waals surface area contributed by atoms with Gasteiger partial charge in [-0.15, -0.1) is 0 Å². The minimum absolute atomic E-state index is 0. The number of hydrogen-bond acceptors (Lipinski definition) is 1. The summed E-state index contributed by atoms with van der Waals surface area (Å²) in [6.45, 7) is 12.4. The molecule has 0 saturated carbocycles. The molecule has 0 fully saturated rings. The number of likely N-dealkylation sites (N-methyl/N-ethyl adjacent to an activating group) is 1. The van der Waals surface area contributed by atoms with Crippen LogP contribution < -0.4 is 12.4 Å². The summed E-state index contributed by atoms with van der Waals surface area (Å²) in [6, 6.07) is 10.7. The van der Waals surface area contributed by atoms with Gasteiger partial charge < -0.3 is 22.0 Å². The van der Waals surface area contributed by atoms with Crippen molar-refractivity contribution in [3.05, 3.63) is 61.2 Å². The van der Waals surface area contributed by atoms with E-state index in [2.05, 4.69) is 57.5 Å². The number of benzene rings is 1. The third kappa shape index (κ3) is 10.8. The first-order chi connectivity index (χ1) is 9.47. The lowest BCUT2D eigenvalue weighted by Crippen LogP contribution is -3.00. The molecule has 0 bridgehead atoms. The van der Waals surface area contributed by atoms with Crippen molar-refractivity contribution in [3.63, 3.8) is 0 Å². The van der Waals surface area contributed by atoms with Crippen molar-refractivity contribution in [2.45, 2.75) is 19.9 Å². The molecule has 1 aromatic rings. The zero-order chi connectivity index (χ0) is 15.4. The molecule has 1 rings (SSSR count). The Hall–Kier alpha value is -1.58. The van der Waals surface area contributed by atoms with Gasteiger partial charge in [0.05, 0.1) is 20.1 Å². The number of carbonyl (C=O) groups is 1. The molecule has 0 heterocycles. The molecule has 21 heavy (non-hydrogen) atoms. The van der Waals surface area contributed by atoms with Crippen molar-refractivity contribution in [2.24, 2.45) is 0 Å². The van der Waals surface area contributed by atoms with E-state index in [1.165, 1.54) is 18.5 Å². The van der Waals surface area contributed by atoms with Crippen LogP contribution in [0.25, 0.3) is 0 Å². The maximum atomic E-state index is 9.25. The van der Waals surface area contributed by atoms with Gasteiger partial charge >= 0.3 is 5.97 Å². The van der Waals surface area contributed by atoms with Crippen LogP contribution in [0.4, 0.5) is 0 Å². The summed E-state index contributed by atoms with van der Waals surface area (Å²) in [6.07, 6.45) is 4.08. The second-order valence-electron chi connectivity index (χ2n) is 5.00. The normalized spacial score (nSPS) is 11.9. The highest BCUT2D eigenvalue weighted by atomic mass is 35.5. The van der Waals surface area contributed by atoms with Crippen molar-refractivity contribution in [3.8, 4) is 0 Å². The molecule has 0 aliphatic rings. The lowest BCUT2D eigenvalue weighted by Gasteiger charge is -2.33. The SMILES string of the molecule is C=CC(=O)O.C=CC[N+](C)(CCC)Cc1ccccc1.[Cl-]. The Balaban J connectivity index is 0. The van der Waals surface area contributed by atoms with Crippen molar-refractivity contribution >= 4 is 5.97 Å². The van der Waals surface area contributed by atoms with Crippen LogP contribution in [-0.2, 0) is 11.3 Å². The minimum Gasteiger partial charge on any atom is -1.00 e. The third-order valence-electron chi connectivity index (χ3n) is 2.92. The summed E-state index contributed by atoms with van der Waals surface area (Å²) in [5.74, 6) is -0.981. The smallest absolute Gasteiger partial charge is 0.327 e. The fourth-order valence-electron chi connectivity index (χ4n) is 2.11. The molecule has 1 aromatic carbocycles. The van der Waals surface area contributed by atoms with E-state index in [0.717, 1.165) is 23.6 Å². The van der Waals surface area contributed by atoms with Crippen LogP contribution in [0.2, 0.25) is 0 Å². The largest absolute Gasteiger partial charge is 1.00 e. The van der Waals surface area contributed by atoms with Crippen molar-refractivity contribution in [2.75, 3.05) is 20.1 Å². The Morgan fingerprint density at radius 3 is 2.19 bits per heavy atom. The number of rotatable bonds is 7. The quantitative estimate of drug-likeness (QED) is 0.452. The first-order valence-corrected chi connectivity index (χ1v) is 6.81. The van der Waals surface area contributed by atoms with E-state index in [-0.39, 0.29) is 12.4 Å². The minimum atomic E-state index is -0.981. The highest BCUT2D eigenvalue weighted by molar-refractivity contribution is 5.78. The second kappa shape index (κ2) is 12.2. The Bertz CT molecular complexity index is 420. The fraction of sp³-hybridized carbons (Fsp3) is 0.353. The average molecular weight is 312 g/mol. The van der Waals surface area contributed by atoms with Gasteiger partial charge in [-0.05, 0) is 12.5 Å². The molecular weight excluding hydrogens is 286 g/mol. The number of nitrogens with zero attached hydrogens (tertiary/aromatic N) is 1. The van der Waals surface area contributed by atoms with Gasteiger partial charge in [0.25, 0.3) is 0 Å². The number of aliphatic carboxylic acids is 1. The van der Waals surface area contributed by atoms with Crippen LogP contribution in [-0.4, -0.2) is 35.7 Å². The zero-order valence-corrected chi connectivity index (χ0v) is 13.7. The summed E-state index contributed by atoms with van der Waals surface area (Å²) in [5.41, 5.74) is 1.41. The first-order valence-electron chi connectivity index (χ1n) is 6.81. The highest BCUT2D eigenvalue weighted by Crippen LogP contribution is 2.12. The summed E-state index contributed by atoms with van der Waals surface area (Å²) >= 11 is 0. The number of quaternary nitrogens is 1. The van der Waals surface area contributed by atoms with Crippen molar-refractivity contribution in [1.29, 1.82) is 0 Å². The van der Waals surface area contributed by atoms with Gasteiger partial charge in [0.2, 0.25) is 0 Å². The molecule has 0 aliphatic heterocycles. The zero-order valence-electron chi connectivity index (χ0n) is 13.0. The second-order valence-corrected chi connectivity index (χ2v) is 5.00. The van der Waals surface area contributed by atoms with Crippen LogP contribution in [0.3, 0.4) is 0 Å². The van der Waals surface area contributed by atoms with Crippen LogP contribution in [0.15, 0.2) is 55.6 Å². The van der Waals surface area contributed by atoms with E-state index in [9.17, 15) is 4.79 Å². The topological polar surface area (TPSA) is 37.3 Å². The maximum absolute atomic E-state index is 9.25. The van der Waals surface area contributed by atoms with E-state index in [1.54, 1.807) is 0 Å². The van der Waals surface area contributed by atoms with Crippen molar-refractivity contribution < 1.29 is 26.8 Å². The number of carboxylic acid groups (broad SMARTS) is 1. The van der Waals surface area contributed by atoms with Gasteiger partial charge in [-0.3, -0.25) is 0 Å². The van der Waals surface area contributed by atoms with E-state index < -0.39 is 5.97 Å². The van der Waals surface area contributed by atoms with Gasteiger partial charge in [-0.25, -0.2) is 4.79 Å². The third-order valence-corrected chi connectivity index (χ3v) is 2.92. The monoisotopic (exact) mass is 311 g/mol. The Kier molecular flexibility index (Phi) is 12.6. The van der Waals surface area contributed by atoms with Crippen LogP contribution in [0, 0.1) is 0 Å². The summed E-state index contributed by atoms with van der Waals surface area (Å²) in [4.78, 5) is 9.25. The molecule has 1 atom stereocenters. The van der Waals surface area contributed by atoms with Crippen molar-refractivity contribution in [1.82, 2.24) is 0 Å². The molecule has 0 aliphatic carbocycles. The number of carboxylic acids is 1. The molecule has 3 nitrogen and oxygen atoms in total. The van der Waals surface area contributed by atoms with Crippen LogP contribution in [0.1, 0.15) is 18.9 Å². The van der Waals surface area contributed by atoms with Gasteiger partial charge in [0.15, 0.2) is 0 Å². The summed E-state index contributed by atoms with van der Waals surface area (Å²) in [7, 11) is 2.30. The van der Waals surface area contributed by atoms with Gasteiger partial charge in [0, 0.05) is 11.6 Å². The molecular formula is C17H26ClNO2. The molecule has 0 saturated heterocycles. The summed E-state index contributed by atoms with van der Waals surface area (Å²) < 4.78 is 1.06. The molecule has 4 heteroatoms. The van der Waals surface area contributed by atoms with Crippen LogP contribution >= 0.6 is 0 Å². The molecule has 1 N–H and O–H groups in total. The predicted octanol–water partition coefficient (Wildman–Crippen LogP) is 0.490. The van der Waals surface area contributed by atoms with Gasteiger partial charge in [-0.2, -0.15) is 0 Å². The standard InChI is InChI=1S/C14H22N.C3H4O2.ClH/c1-4-11-15(3,12-5-2)13-14-9-7-6-8-10-14;1-2-3(4)5;/h4,6-10H,1,5,11-13H2,2-3H3;2H,1H2,(H,4,5);1H/q+1;;/p-1. The average Bonchev–Trinajstić information content (AvgIpc) is 2.40. The van der Waals surface area contributed by atoms with E-state index in [1.807, 2.05) is 6.08 Å². The molecule has 1 unspecified atom stereocenters.